The highest BCUT2D eigenvalue weighted by Crippen LogP contribution is 2.34. The van der Waals surface area contributed by atoms with Crippen LogP contribution in [0.25, 0.3) is 33.2 Å². The van der Waals surface area contributed by atoms with Gasteiger partial charge >= 0.3 is 0 Å². The molecule has 0 saturated carbocycles. The number of nitrogens with one attached hydrogen (secondary N) is 1. The van der Waals surface area contributed by atoms with E-state index >= 15 is 0 Å². The Balaban J connectivity index is 1.98. The van der Waals surface area contributed by atoms with Gasteiger partial charge in [0.2, 0.25) is 0 Å². The summed E-state index contributed by atoms with van der Waals surface area (Å²) in [5.74, 6) is 0. The minimum atomic E-state index is -0.858. The number of nitrogens with zero attached hydrogens (tertiary/aromatic N) is 2. The number of H-pyrrole nitrogens is 1. The number of aliphatic hydroxyl groups is 1. The summed E-state index contributed by atoms with van der Waals surface area (Å²) in [6.07, 6.45) is 3.90. The van der Waals surface area contributed by atoms with Crippen LogP contribution in [0, 0.1) is 0 Å². The molecular weight excluding hydrogens is 286 g/mol. The third-order valence-corrected chi connectivity index (χ3v) is 4.38. The number of pyridine rings is 1. The number of aromatic amines is 1. The average Bonchev–Trinajstić information content (AvgIpc) is 3.07. The predicted octanol–water partition coefficient (Wildman–Crippen LogP) is 3.95. The second kappa shape index (κ2) is 4.70. The van der Waals surface area contributed by atoms with Crippen molar-refractivity contribution in [2.45, 2.75) is 19.4 Å². The molecule has 4 rings (SSSR count). The van der Waals surface area contributed by atoms with Crippen molar-refractivity contribution in [3.05, 3.63) is 54.4 Å². The van der Waals surface area contributed by atoms with Crippen LogP contribution in [0.1, 0.15) is 19.4 Å². The lowest BCUT2D eigenvalue weighted by molar-refractivity contribution is 0.0787. The minimum absolute atomic E-state index is 0.858. The van der Waals surface area contributed by atoms with Gasteiger partial charge in [0.15, 0.2) is 0 Å². The van der Waals surface area contributed by atoms with Crippen molar-refractivity contribution in [2.24, 2.45) is 7.05 Å². The molecule has 116 valence electrons. The molecule has 0 spiro atoms. The van der Waals surface area contributed by atoms with E-state index in [1.807, 2.05) is 33.0 Å². The number of benzene rings is 1. The molecule has 23 heavy (non-hydrogen) atoms. The number of fused-ring (bicyclic) bond motifs is 2. The van der Waals surface area contributed by atoms with E-state index in [0.717, 1.165) is 38.8 Å². The van der Waals surface area contributed by atoms with E-state index in [-0.39, 0.29) is 0 Å². The number of hydrogen-bond acceptors (Lipinski definition) is 2. The van der Waals surface area contributed by atoms with E-state index in [1.54, 1.807) is 6.20 Å². The Morgan fingerprint density at radius 3 is 2.74 bits per heavy atom. The number of rotatable bonds is 2. The SMILES string of the molecule is Cn1cc(-c2cc3cccnc3[nH]2)c2cc(C(C)(C)O)ccc21. The summed E-state index contributed by atoms with van der Waals surface area (Å²) in [5, 5.41) is 12.5. The zero-order valence-electron chi connectivity index (χ0n) is 13.5. The Hall–Kier alpha value is -2.59. The van der Waals surface area contributed by atoms with Crippen LogP contribution in [-0.2, 0) is 12.6 Å². The van der Waals surface area contributed by atoms with Crippen molar-refractivity contribution >= 4 is 21.9 Å². The van der Waals surface area contributed by atoms with Crippen LogP contribution in [0.15, 0.2) is 48.8 Å². The summed E-state index contributed by atoms with van der Waals surface area (Å²) in [4.78, 5) is 7.76. The predicted molar refractivity (Wildman–Crippen MR) is 93.3 cm³/mol. The molecule has 0 fully saturated rings. The first kappa shape index (κ1) is 14.0. The zero-order chi connectivity index (χ0) is 16.2. The highest BCUT2D eigenvalue weighted by Gasteiger charge is 2.18. The van der Waals surface area contributed by atoms with Crippen LogP contribution in [0.5, 0.6) is 0 Å². The molecular formula is C19H19N3O. The lowest BCUT2D eigenvalue weighted by Gasteiger charge is -2.18. The Morgan fingerprint density at radius 1 is 1.17 bits per heavy atom. The fourth-order valence-electron chi connectivity index (χ4n) is 3.09. The van der Waals surface area contributed by atoms with E-state index in [1.165, 1.54) is 0 Å². The molecule has 0 aliphatic carbocycles. The van der Waals surface area contributed by atoms with E-state index in [4.69, 9.17) is 0 Å². The highest BCUT2D eigenvalue weighted by molar-refractivity contribution is 5.98. The summed E-state index contributed by atoms with van der Waals surface area (Å²) in [5.41, 5.74) is 4.23. The number of aryl methyl sites for hydroxylation is 1. The van der Waals surface area contributed by atoms with Crippen molar-refractivity contribution in [3.8, 4) is 11.3 Å². The lowest BCUT2D eigenvalue weighted by atomic mass is 9.96. The minimum Gasteiger partial charge on any atom is -0.386 e. The molecule has 0 aliphatic heterocycles. The first-order valence-corrected chi connectivity index (χ1v) is 7.69. The fraction of sp³-hybridized carbons (Fsp3) is 0.211. The van der Waals surface area contributed by atoms with Crippen LogP contribution < -0.4 is 0 Å². The van der Waals surface area contributed by atoms with Gasteiger partial charge in [0.25, 0.3) is 0 Å². The normalized spacial score (nSPS) is 12.3. The van der Waals surface area contributed by atoms with Crippen molar-refractivity contribution in [1.82, 2.24) is 14.5 Å². The summed E-state index contributed by atoms with van der Waals surface area (Å²) in [6.45, 7) is 3.62. The molecule has 3 aromatic heterocycles. The first-order chi connectivity index (χ1) is 10.9. The van der Waals surface area contributed by atoms with Gasteiger partial charge in [0, 0.05) is 47.0 Å². The fourth-order valence-corrected chi connectivity index (χ4v) is 3.09. The van der Waals surface area contributed by atoms with Gasteiger partial charge in [-0.1, -0.05) is 6.07 Å². The monoisotopic (exact) mass is 305 g/mol. The lowest BCUT2D eigenvalue weighted by Crippen LogP contribution is -2.15. The topological polar surface area (TPSA) is 53.8 Å². The van der Waals surface area contributed by atoms with E-state index in [0.29, 0.717) is 0 Å². The maximum atomic E-state index is 10.3. The smallest absolute Gasteiger partial charge is 0.137 e. The van der Waals surface area contributed by atoms with Crippen molar-refractivity contribution in [3.63, 3.8) is 0 Å². The van der Waals surface area contributed by atoms with Gasteiger partial charge in [-0.2, -0.15) is 0 Å². The quantitative estimate of drug-likeness (QED) is 0.589. The summed E-state index contributed by atoms with van der Waals surface area (Å²) in [6, 6.07) is 12.2. The van der Waals surface area contributed by atoms with Gasteiger partial charge in [0.05, 0.1) is 5.60 Å². The van der Waals surface area contributed by atoms with Gasteiger partial charge in [0.1, 0.15) is 5.65 Å². The molecule has 2 N–H and O–H groups in total. The molecule has 0 bridgehead atoms. The van der Waals surface area contributed by atoms with E-state index in [9.17, 15) is 5.11 Å². The second-order valence-corrected chi connectivity index (χ2v) is 6.57. The van der Waals surface area contributed by atoms with Crippen molar-refractivity contribution < 1.29 is 5.11 Å². The van der Waals surface area contributed by atoms with Crippen LogP contribution in [0.3, 0.4) is 0 Å². The third-order valence-electron chi connectivity index (χ3n) is 4.38. The van der Waals surface area contributed by atoms with Crippen molar-refractivity contribution in [2.75, 3.05) is 0 Å². The molecule has 0 radical (unpaired) electrons. The molecule has 4 nitrogen and oxygen atoms in total. The van der Waals surface area contributed by atoms with Gasteiger partial charge in [-0.3, -0.25) is 0 Å². The van der Waals surface area contributed by atoms with Crippen LogP contribution in [0.4, 0.5) is 0 Å². The van der Waals surface area contributed by atoms with Crippen molar-refractivity contribution in [1.29, 1.82) is 0 Å². The molecule has 0 unspecified atom stereocenters. The maximum Gasteiger partial charge on any atom is 0.137 e. The Bertz CT molecular complexity index is 985. The average molecular weight is 305 g/mol. The molecule has 3 heterocycles. The second-order valence-electron chi connectivity index (χ2n) is 6.57. The van der Waals surface area contributed by atoms with Crippen LogP contribution in [0.2, 0.25) is 0 Å². The maximum absolute atomic E-state index is 10.3. The van der Waals surface area contributed by atoms with E-state index < -0.39 is 5.60 Å². The van der Waals surface area contributed by atoms with Gasteiger partial charge in [-0.25, -0.2) is 4.98 Å². The zero-order valence-corrected chi connectivity index (χ0v) is 13.5. The van der Waals surface area contributed by atoms with Crippen LogP contribution >= 0.6 is 0 Å². The Labute approximate surface area is 134 Å². The molecule has 1 aromatic carbocycles. The number of aromatic nitrogens is 3. The standard InChI is InChI=1S/C19H19N3O/c1-19(2,23)13-6-7-17-14(10-13)15(11-22(17)3)16-9-12-5-4-8-20-18(12)21-16/h4-11,23H,1-3H3,(H,20,21). The number of hydrogen-bond donors (Lipinski definition) is 2. The van der Waals surface area contributed by atoms with E-state index in [2.05, 4.69) is 45.0 Å². The van der Waals surface area contributed by atoms with Gasteiger partial charge in [-0.05, 0) is 49.7 Å². The largest absolute Gasteiger partial charge is 0.386 e. The Morgan fingerprint density at radius 2 is 2.00 bits per heavy atom. The molecule has 0 atom stereocenters. The molecule has 4 aromatic rings. The Kier molecular flexibility index (Phi) is 2.87. The molecule has 0 aliphatic rings. The van der Waals surface area contributed by atoms with Gasteiger partial charge in [-0.15, -0.1) is 0 Å². The van der Waals surface area contributed by atoms with Crippen LogP contribution in [-0.4, -0.2) is 19.6 Å². The third kappa shape index (κ3) is 2.23. The summed E-state index contributed by atoms with van der Waals surface area (Å²) in [7, 11) is 2.04. The molecule has 4 heteroatoms. The first-order valence-electron chi connectivity index (χ1n) is 7.69. The molecule has 0 amide bonds. The molecule has 0 saturated heterocycles. The van der Waals surface area contributed by atoms with Gasteiger partial charge < -0.3 is 14.7 Å². The highest BCUT2D eigenvalue weighted by atomic mass is 16.3. The summed E-state index contributed by atoms with van der Waals surface area (Å²) >= 11 is 0. The summed E-state index contributed by atoms with van der Waals surface area (Å²) < 4.78 is 2.11.